The molecular weight excluding hydrogens is 368 g/mol. The summed E-state index contributed by atoms with van der Waals surface area (Å²) in [5, 5.41) is 8.10. The highest BCUT2D eigenvalue weighted by atomic mass is 32.2. The molecule has 5 nitrogen and oxygen atoms in total. The van der Waals surface area contributed by atoms with Crippen molar-refractivity contribution in [2.75, 3.05) is 5.32 Å². The number of para-hydroxylation sites is 2. The van der Waals surface area contributed by atoms with Gasteiger partial charge in [-0.1, -0.05) is 60.3 Å². The van der Waals surface area contributed by atoms with Gasteiger partial charge >= 0.3 is 0 Å². The zero-order valence-electron chi connectivity index (χ0n) is 15.0. The summed E-state index contributed by atoms with van der Waals surface area (Å²) in [5.41, 5.74) is 3.50. The molecule has 0 bridgehead atoms. The number of carbonyl (C=O) groups excluding carboxylic acids is 1. The standard InChI is InChI=1S/C22H18N4OS/c27-21(24-19-7-3-1-4-8-19)18-13-11-17(12-14-18)15-28-22-23-16-26(25-22)20-9-5-2-6-10-20/h1-14,16H,15H2,(H,24,27). The van der Waals surface area contributed by atoms with Gasteiger partial charge in [0.1, 0.15) is 6.33 Å². The van der Waals surface area contributed by atoms with Crippen LogP contribution in [0.15, 0.2) is 96.4 Å². The van der Waals surface area contributed by atoms with E-state index in [0.717, 1.165) is 27.8 Å². The summed E-state index contributed by atoms with van der Waals surface area (Å²) in [5.74, 6) is 0.619. The predicted octanol–water partition coefficient (Wildman–Crippen LogP) is 4.81. The summed E-state index contributed by atoms with van der Waals surface area (Å²) in [4.78, 5) is 16.7. The van der Waals surface area contributed by atoms with Crippen LogP contribution in [-0.2, 0) is 5.75 Å². The Morgan fingerprint density at radius 2 is 1.57 bits per heavy atom. The van der Waals surface area contributed by atoms with E-state index in [1.165, 1.54) is 0 Å². The number of nitrogens with zero attached hydrogens (tertiary/aromatic N) is 3. The Hall–Kier alpha value is -3.38. The number of hydrogen-bond acceptors (Lipinski definition) is 4. The average molecular weight is 386 g/mol. The molecule has 0 aliphatic heterocycles. The van der Waals surface area contributed by atoms with E-state index in [-0.39, 0.29) is 5.91 Å². The second-order valence-corrected chi connectivity index (χ2v) is 7.06. The molecule has 0 atom stereocenters. The first-order chi connectivity index (χ1) is 13.8. The summed E-state index contributed by atoms with van der Waals surface area (Å²) >= 11 is 1.56. The molecule has 1 heterocycles. The van der Waals surface area contributed by atoms with Gasteiger partial charge in [-0.15, -0.1) is 5.10 Å². The van der Waals surface area contributed by atoms with Crippen molar-refractivity contribution in [2.45, 2.75) is 10.9 Å². The van der Waals surface area contributed by atoms with Crippen molar-refractivity contribution >= 4 is 23.4 Å². The lowest BCUT2D eigenvalue weighted by molar-refractivity contribution is 0.102. The van der Waals surface area contributed by atoms with E-state index in [9.17, 15) is 4.79 Å². The fourth-order valence-corrected chi connectivity index (χ4v) is 3.40. The molecule has 0 unspecified atom stereocenters. The Labute approximate surface area is 167 Å². The minimum absolute atomic E-state index is 0.117. The molecule has 1 aromatic heterocycles. The molecule has 0 radical (unpaired) electrons. The topological polar surface area (TPSA) is 59.8 Å². The van der Waals surface area contributed by atoms with Crippen LogP contribution in [0, 0.1) is 0 Å². The minimum Gasteiger partial charge on any atom is -0.322 e. The van der Waals surface area contributed by atoms with Crippen LogP contribution in [0.3, 0.4) is 0 Å². The number of thioether (sulfide) groups is 1. The maximum absolute atomic E-state index is 12.3. The molecule has 0 saturated carbocycles. The average Bonchev–Trinajstić information content (AvgIpc) is 3.23. The van der Waals surface area contributed by atoms with E-state index in [0.29, 0.717) is 5.56 Å². The van der Waals surface area contributed by atoms with E-state index in [1.807, 2.05) is 84.9 Å². The van der Waals surface area contributed by atoms with Crippen LogP contribution in [0.1, 0.15) is 15.9 Å². The molecule has 0 fully saturated rings. The van der Waals surface area contributed by atoms with Crippen LogP contribution in [0.2, 0.25) is 0 Å². The van der Waals surface area contributed by atoms with E-state index in [4.69, 9.17) is 0 Å². The molecule has 4 rings (SSSR count). The van der Waals surface area contributed by atoms with Gasteiger partial charge in [-0.05, 0) is 42.0 Å². The Bertz CT molecular complexity index is 1050. The molecule has 0 spiro atoms. The summed E-state index contributed by atoms with van der Waals surface area (Å²) in [7, 11) is 0. The van der Waals surface area contributed by atoms with Gasteiger partial charge in [0, 0.05) is 17.0 Å². The molecule has 0 saturated heterocycles. The number of benzene rings is 3. The summed E-state index contributed by atoms with van der Waals surface area (Å²) in [6.45, 7) is 0. The molecule has 138 valence electrons. The number of hydrogen-bond donors (Lipinski definition) is 1. The lowest BCUT2D eigenvalue weighted by atomic mass is 10.1. The number of carbonyl (C=O) groups is 1. The smallest absolute Gasteiger partial charge is 0.255 e. The van der Waals surface area contributed by atoms with Gasteiger partial charge in [-0.2, -0.15) is 0 Å². The number of aromatic nitrogens is 3. The SMILES string of the molecule is O=C(Nc1ccccc1)c1ccc(CSc2ncn(-c3ccccc3)n2)cc1. The number of anilines is 1. The largest absolute Gasteiger partial charge is 0.322 e. The quantitative estimate of drug-likeness (QED) is 0.483. The molecule has 4 aromatic rings. The van der Waals surface area contributed by atoms with Crippen molar-refractivity contribution in [3.05, 3.63) is 102 Å². The molecule has 1 N–H and O–H groups in total. The molecule has 28 heavy (non-hydrogen) atoms. The third kappa shape index (κ3) is 4.47. The first-order valence-corrected chi connectivity index (χ1v) is 9.82. The summed E-state index contributed by atoms with van der Waals surface area (Å²) in [6.07, 6.45) is 1.72. The van der Waals surface area contributed by atoms with E-state index >= 15 is 0 Å². The van der Waals surface area contributed by atoms with Gasteiger partial charge in [0.25, 0.3) is 5.91 Å². The second-order valence-electron chi connectivity index (χ2n) is 6.11. The maximum atomic E-state index is 12.3. The van der Waals surface area contributed by atoms with Crippen molar-refractivity contribution in [1.29, 1.82) is 0 Å². The van der Waals surface area contributed by atoms with Crippen LogP contribution >= 0.6 is 11.8 Å². The van der Waals surface area contributed by atoms with Crippen molar-refractivity contribution in [3.63, 3.8) is 0 Å². The highest BCUT2D eigenvalue weighted by Gasteiger charge is 2.07. The van der Waals surface area contributed by atoms with Crippen molar-refractivity contribution < 1.29 is 4.79 Å². The number of amides is 1. The number of nitrogens with one attached hydrogen (secondary N) is 1. The van der Waals surface area contributed by atoms with Gasteiger partial charge in [0.2, 0.25) is 5.16 Å². The Morgan fingerprint density at radius 1 is 0.893 bits per heavy atom. The van der Waals surface area contributed by atoms with Gasteiger partial charge in [0.15, 0.2) is 0 Å². The number of rotatable bonds is 6. The minimum atomic E-state index is -0.117. The third-order valence-corrected chi connectivity index (χ3v) is 5.03. The van der Waals surface area contributed by atoms with E-state index in [1.54, 1.807) is 22.8 Å². The molecule has 3 aromatic carbocycles. The molecule has 1 amide bonds. The van der Waals surface area contributed by atoms with E-state index < -0.39 is 0 Å². The molecule has 6 heteroatoms. The maximum Gasteiger partial charge on any atom is 0.255 e. The van der Waals surface area contributed by atoms with Crippen LogP contribution < -0.4 is 5.32 Å². The lowest BCUT2D eigenvalue weighted by Gasteiger charge is -2.06. The third-order valence-electron chi connectivity index (χ3n) is 4.11. The van der Waals surface area contributed by atoms with Gasteiger partial charge in [0.05, 0.1) is 5.69 Å². The second kappa shape index (κ2) is 8.54. The van der Waals surface area contributed by atoms with Crippen molar-refractivity contribution in [2.24, 2.45) is 0 Å². The van der Waals surface area contributed by atoms with Gasteiger partial charge < -0.3 is 5.32 Å². The van der Waals surface area contributed by atoms with E-state index in [2.05, 4.69) is 15.4 Å². The van der Waals surface area contributed by atoms with Crippen molar-refractivity contribution in [1.82, 2.24) is 14.8 Å². The Morgan fingerprint density at radius 3 is 2.29 bits per heavy atom. The van der Waals surface area contributed by atoms with Gasteiger partial charge in [-0.25, -0.2) is 9.67 Å². The fourth-order valence-electron chi connectivity index (χ4n) is 2.64. The predicted molar refractivity (Wildman–Crippen MR) is 112 cm³/mol. The van der Waals surface area contributed by atoms with Gasteiger partial charge in [-0.3, -0.25) is 4.79 Å². The zero-order chi connectivity index (χ0) is 19.2. The summed E-state index contributed by atoms with van der Waals surface area (Å²) < 4.78 is 1.76. The van der Waals surface area contributed by atoms with Crippen LogP contribution in [0.4, 0.5) is 5.69 Å². The fraction of sp³-hybridized carbons (Fsp3) is 0.0455. The van der Waals surface area contributed by atoms with Crippen molar-refractivity contribution in [3.8, 4) is 5.69 Å². The van der Waals surface area contributed by atoms with Crippen LogP contribution in [0.25, 0.3) is 5.69 Å². The highest BCUT2D eigenvalue weighted by Crippen LogP contribution is 2.20. The normalized spacial score (nSPS) is 10.6. The Kier molecular flexibility index (Phi) is 5.49. The highest BCUT2D eigenvalue weighted by molar-refractivity contribution is 7.98. The molecule has 0 aliphatic rings. The van der Waals surface area contributed by atoms with Crippen LogP contribution in [0.5, 0.6) is 0 Å². The van der Waals surface area contributed by atoms with Crippen LogP contribution in [-0.4, -0.2) is 20.7 Å². The first-order valence-electron chi connectivity index (χ1n) is 8.83. The zero-order valence-corrected chi connectivity index (χ0v) is 15.8. The summed E-state index contributed by atoms with van der Waals surface area (Å²) in [6, 6.07) is 26.9. The monoisotopic (exact) mass is 386 g/mol. The Balaban J connectivity index is 1.35. The molecule has 0 aliphatic carbocycles. The lowest BCUT2D eigenvalue weighted by Crippen LogP contribution is -2.11. The molecular formula is C22H18N4OS. The first kappa shape index (κ1) is 18.0.